The van der Waals surface area contributed by atoms with Crippen molar-refractivity contribution in [3.8, 4) is 0 Å². The molecule has 0 radical (unpaired) electrons. The third-order valence-electron chi connectivity index (χ3n) is 2.24. The molecule has 8 heteroatoms. The molecule has 0 saturated heterocycles. The number of thioether (sulfide) groups is 1. The maximum atomic E-state index is 11.5. The lowest BCUT2D eigenvalue weighted by Crippen LogP contribution is -2.19. The van der Waals surface area contributed by atoms with Crippen LogP contribution in [0.1, 0.15) is 10.8 Å². The molecule has 0 aliphatic carbocycles. The zero-order chi connectivity index (χ0) is 13.1. The summed E-state index contributed by atoms with van der Waals surface area (Å²) in [6.45, 7) is 0. The number of aryl methyl sites for hydroxylation is 1. The predicted molar refractivity (Wildman–Crippen MR) is 70.7 cm³/mol. The summed E-state index contributed by atoms with van der Waals surface area (Å²) in [5.74, 6) is -0.426. The Labute approximate surface area is 116 Å². The van der Waals surface area contributed by atoms with Crippen LogP contribution in [0.2, 0.25) is 0 Å². The molecule has 0 bridgehead atoms. The molecule has 0 aliphatic rings. The molecular weight excluding hydrogens is 318 g/mol. The quantitative estimate of drug-likeness (QED) is 0.855. The number of rotatable bonds is 4. The summed E-state index contributed by atoms with van der Waals surface area (Å²) in [5.41, 5.74) is 6.24. The van der Waals surface area contributed by atoms with Crippen molar-refractivity contribution in [1.82, 2.24) is 20.2 Å². The SMILES string of the molecule is Cn1nnnc1S[C@@H](C(N)=O)c1ccc(Br)cc1. The summed E-state index contributed by atoms with van der Waals surface area (Å²) < 4.78 is 2.44. The lowest BCUT2D eigenvalue weighted by Gasteiger charge is -2.12. The fourth-order valence-corrected chi connectivity index (χ4v) is 2.51. The highest BCUT2D eigenvalue weighted by atomic mass is 79.9. The minimum atomic E-state index is -0.511. The largest absolute Gasteiger partial charge is 0.368 e. The van der Waals surface area contributed by atoms with Crippen LogP contribution in [-0.4, -0.2) is 26.1 Å². The van der Waals surface area contributed by atoms with Gasteiger partial charge in [0.15, 0.2) is 0 Å². The zero-order valence-electron chi connectivity index (χ0n) is 9.45. The Bertz CT molecular complexity index is 556. The van der Waals surface area contributed by atoms with Gasteiger partial charge in [0.05, 0.1) is 0 Å². The molecule has 0 spiro atoms. The molecule has 1 aromatic carbocycles. The second-order valence-electron chi connectivity index (χ2n) is 3.54. The average molecular weight is 328 g/mol. The molecule has 0 fully saturated rings. The van der Waals surface area contributed by atoms with Gasteiger partial charge in [0.25, 0.3) is 0 Å². The Morgan fingerprint density at radius 3 is 2.61 bits per heavy atom. The summed E-state index contributed by atoms with van der Waals surface area (Å²) >= 11 is 4.57. The van der Waals surface area contributed by atoms with E-state index in [4.69, 9.17) is 5.73 Å². The number of benzene rings is 1. The molecule has 0 saturated carbocycles. The number of hydrogen-bond donors (Lipinski definition) is 1. The van der Waals surface area contributed by atoms with Gasteiger partial charge in [-0.2, -0.15) is 0 Å². The minimum absolute atomic E-state index is 0.426. The van der Waals surface area contributed by atoms with Crippen LogP contribution in [0.25, 0.3) is 0 Å². The first kappa shape index (κ1) is 13.0. The summed E-state index contributed by atoms with van der Waals surface area (Å²) in [4.78, 5) is 11.5. The van der Waals surface area contributed by atoms with Crippen molar-refractivity contribution in [3.63, 3.8) is 0 Å². The van der Waals surface area contributed by atoms with Crippen molar-refractivity contribution in [1.29, 1.82) is 0 Å². The monoisotopic (exact) mass is 327 g/mol. The third-order valence-corrected chi connectivity index (χ3v) is 4.06. The van der Waals surface area contributed by atoms with E-state index in [0.29, 0.717) is 5.16 Å². The molecular formula is C10H10BrN5OS. The molecule has 1 amide bonds. The van der Waals surface area contributed by atoms with E-state index in [1.54, 1.807) is 7.05 Å². The highest BCUT2D eigenvalue weighted by Crippen LogP contribution is 2.33. The van der Waals surface area contributed by atoms with Crippen molar-refractivity contribution in [2.75, 3.05) is 0 Å². The van der Waals surface area contributed by atoms with Crippen LogP contribution < -0.4 is 5.73 Å². The first-order chi connectivity index (χ1) is 8.58. The van der Waals surface area contributed by atoms with E-state index < -0.39 is 11.2 Å². The topological polar surface area (TPSA) is 86.7 Å². The zero-order valence-corrected chi connectivity index (χ0v) is 11.8. The second-order valence-corrected chi connectivity index (χ2v) is 5.52. The van der Waals surface area contributed by atoms with Gasteiger partial charge >= 0.3 is 0 Å². The van der Waals surface area contributed by atoms with Gasteiger partial charge < -0.3 is 5.73 Å². The van der Waals surface area contributed by atoms with Gasteiger partial charge in [-0.05, 0) is 28.1 Å². The highest BCUT2D eigenvalue weighted by molar-refractivity contribution is 9.10. The lowest BCUT2D eigenvalue weighted by atomic mass is 10.1. The molecule has 18 heavy (non-hydrogen) atoms. The van der Waals surface area contributed by atoms with E-state index in [2.05, 4.69) is 31.5 Å². The lowest BCUT2D eigenvalue weighted by molar-refractivity contribution is -0.117. The van der Waals surface area contributed by atoms with Gasteiger partial charge in [-0.25, -0.2) is 4.68 Å². The number of tetrazole rings is 1. The average Bonchev–Trinajstić information content (AvgIpc) is 2.73. The molecule has 0 unspecified atom stereocenters. The van der Waals surface area contributed by atoms with Gasteiger partial charge in [0.1, 0.15) is 5.25 Å². The van der Waals surface area contributed by atoms with Gasteiger partial charge in [-0.15, -0.1) is 5.10 Å². The van der Waals surface area contributed by atoms with E-state index in [1.807, 2.05) is 24.3 Å². The van der Waals surface area contributed by atoms with Crippen LogP contribution in [0.5, 0.6) is 0 Å². The molecule has 0 aliphatic heterocycles. The van der Waals surface area contributed by atoms with E-state index in [-0.39, 0.29) is 0 Å². The second kappa shape index (κ2) is 5.49. The summed E-state index contributed by atoms with van der Waals surface area (Å²) in [7, 11) is 1.71. The Morgan fingerprint density at radius 1 is 1.44 bits per heavy atom. The van der Waals surface area contributed by atoms with E-state index in [1.165, 1.54) is 16.4 Å². The predicted octanol–water partition coefficient (Wildman–Crippen LogP) is 1.29. The molecule has 2 rings (SSSR count). The normalized spacial score (nSPS) is 12.3. The smallest absolute Gasteiger partial charge is 0.235 e. The van der Waals surface area contributed by atoms with E-state index >= 15 is 0 Å². The number of primary amides is 1. The van der Waals surface area contributed by atoms with Crippen molar-refractivity contribution in [2.45, 2.75) is 10.4 Å². The van der Waals surface area contributed by atoms with Crippen molar-refractivity contribution >= 4 is 33.6 Å². The maximum Gasteiger partial charge on any atom is 0.235 e. The third kappa shape index (κ3) is 2.88. The fourth-order valence-electron chi connectivity index (χ4n) is 1.35. The van der Waals surface area contributed by atoms with E-state index in [0.717, 1.165) is 10.0 Å². The van der Waals surface area contributed by atoms with Crippen LogP contribution in [0.15, 0.2) is 33.9 Å². The Balaban J connectivity index is 2.27. The molecule has 1 heterocycles. The van der Waals surface area contributed by atoms with Gasteiger partial charge in [0, 0.05) is 11.5 Å². The summed E-state index contributed by atoms with van der Waals surface area (Å²) in [6, 6.07) is 7.41. The van der Waals surface area contributed by atoms with Crippen LogP contribution in [0.3, 0.4) is 0 Å². The number of hydrogen-bond acceptors (Lipinski definition) is 5. The molecule has 1 aromatic heterocycles. The van der Waals surface area contributed by atoms with Crippen molar-refractivity contribution in [2.24, 2.45) is 12.8 Å². The Morgan fingerprint density at radius 2 is 2.11 bits per heavy atom. The van der Waals surface area contributed by atoms with Crippen LogP contribution >= 0.6 is 27.7 Å². The maximum absolute atomic E-state index is 11.5. The summed E-state index contributed by atoms with van der Waals surface area (Å²) in [6.07, 6.45) is 0. The van der Waals surface area contributed by atoms with Gasteiger partial charge in [-0.3, -0.25) is 4.79 Å². The molecule has 2 aromatic rings. The number of halogens is 1. The van der Waals surface area contributed by atoms with Crippen molar-refractivity contribution < 1.29 is 4.79 Å². The number of carbonyl (C=O) groups excluding carboxylic acids is 1. The number of carbonyl (C=O) groups is 1. The number of nitrogens with zero attached hydrogens (tertiary/aromatic N) is 4. The Hall–Kier alpha value is -1.41. The number of nitrogens with two attached hydrogens (primary N) is 1. The summed E-state index contributed by atoms with van der Waals surface area (Å²) in [5, 5.41) is 11.1. The number of amides is 1. The van der Waals surface area contributed by atoms with Gasteiger partial charge in [-0.1, -0.05) is 39.8 Å². The number of aromatic nitrogens is 4. The molecule has 1 atom stereocenters. The van der Waals surface area contributed by atoms with Crippen LogP contribution in [0, 0.1) is 0 Å². The van der Waals surface area contributed by atoms with Crippen molar-refractivity contribution in [3.05, 3.63) is 34.3 Å². The minimum Gasteiger partial charge on any atom is -0.368 e. The highest BCUT2D eigenvalue weighted by Gasteiger charge is 2.21. The van der Waals surface area contributed by atoms with Crippen LogP contribution in [0.4, 0.5) is 0 Å². The first-order valence-corrected chi connectivity index (χ1v) is 6.69. The van der Waals surface area contributed by atoms with Gasteiger partial charge in [0.2, 0.25) is 11.1 Å². The molecule has 2 N–H and O–H groups in total. The standard InChI is InChI=1S/C10H10BrN5OS/c1-16-10(13-14-15-16)18-8(9(12)17)6-2-4-7(11)5-3-6/h2-5,8H,1H3,(H2,12,17)/t8-/m1/s1. The first-order valence-electron chi connectivity index (χ1n) is 5.01. The fraction of sp³-hybridized carbons (Fsp3) is 0.200. The molecule has 94 valence electrons. The molecule has 6 nitrogen and oxygen atoms in total. The van der Waals surface area contributed by atoms with Crippen LogP contribution in [-0.2, 0) is 11.8 Å². The van der Waals surface area contributed by atoms with E-state index in [9.17, 15) is 4.79 Å². The Kier molecular flexibility index (Phi) is 3.97.